The first-order chi connectivity index (χ1) is 14.6. The van der Waals surface area contributed by atoms with Gasteiger partial charge >= 0.3 is 0 Å². The van der Waals surface area contributed by atoms with Crippen LogP contribution < -0.4 is 10.1 Å². The molecule has 4 rings (SSSR count). The number of amides is 1. The van der Waals surface area contributed by atoms with Gasteiger partial charge in [0, 0.05) is 23.4 Å². The molecule has 30 heavy (non-hydrogen) atoms. The van der Waals surface area contributed by atoms with Crippen molar-refractivity contribution in [3.8, 4) is 22.1 Å². The number of benzene rings is 1. The van der Waals surface area contributed by atoms with Crippen molar-refractivity contribution < 1.29 is 9.53 Å². The summed E-state index contributed by atoms with van der Waals surface area (Å²) in [5, 5.41) is 10.3. The van der Waals surface area contributed by atoms with E-state index in [9.17, 15) is 4.79 Å². The van der Waals surface area contributed by atoms with Crippen LogP contribution in [0.3, 0.4) is 0 Å². The Bertz CT molecular complexity index is 987. The number of nitrogens with zero attached hydrogens (tertiary/aromatic N) is 3. The van der Waals surface area contributed by atoms with Gasteiger partial charge in [-0.3, -0.25) is 4.79 Å². The molecule has 1 amide bonds. The van der Waals surface area contributed by atoms with Crippen molar-refractivity contribution in [2.24, 2.45) is 5.92 Å². The van der Waals surface area contributed by atoms with Crippen molar-refractivity contribution in [2.45, 2.75) is 51.9 Å². The molecule has 7 heteroatoms. The van der Waals surface area contributed by atoms with Gasteiger partial charge in [0.2, 0.25) is 11.0 Å². The van der Waals surface area contributed by atoms with E-state index >= 15 is 0 Å². The first-order valence-electron chi connectivity index (χ1n) is 10.6. The molecule has 6 nitrogen and oxygen atoms in total. The molecule has 1 N–H and O–H groups in total. The van der Waals surface area contributed by atoms with Gasteiger partial charge in [0.05, 0.1) is 18.5 Å². The van der Waals surface area contributed by atoms with Crippen molar-refractivity contribution in [3.63, 3.8) is 0 Å². The highest BCUT2D eigenvalue weighted by Gasteiger charge is 2.17. The van der Waals surface area contributed by atoms with E-state index in [0.29, 0.717) is 18.2 Å². The lowest BCUT2D eigenvalue weighted by Crippen LogP contribution is -2.17. The van der Waals surface area contributed by atoms with Crippen LogP contribution in [0.1, 0.15) is 50.6 Å². The van der Waals surface area contributed by atoms with Crippen molar-refractivity contribution in [3.05, 3.63) is 41.4 Å². The minimum absolute atomic E-state index is 0.0497. The van der Waals surface area contributed by atoms with Gasteiger partial charge in [-0.1, -0.05) is 32.1 Å². The van der Waals surface area contributed by atoms with Gasteiger partial charge in [-0.15, -0.1) is 11.3 Å². The summed E-state index contributed by atoms with van der Waals surface area (Å²) in [6.07, 6.45) is 8.00. The lowest BCUT2D eigenvalue weighted by molar-refractivity contribution is -0.116. The fourth-order valence-electron chi connectivity index (χ4n) is 4.01. The van der Waals surface area contributed by atoms with Crippen LogP contribution in [-0.2, 0) is 4.79 Å². The molecule has 0 atom stereocenters. The number of carbonyl (C=O) groups excluding carboxylic acids is 1. The number of aromatic nitrogens is 3. The molecule has 1 aliphatic rings. The number of rotatable bonds is 7. The molecule has 158 valence electrons. The van der Waals surface area contributed by atoms with E-state index in [1.54, 1.807) is 11.8 Å². The number of methoxy groups -OCH3 is 1. The van der Waals surface area contributed by atoms with E-state index in [4.69, 9.17) is 9.72 Å². The van der Waals surface area contributed by atoms with Gasteiger partial charge in [0.1, 0.15) is 11.6 Å². The Morgan fingerprint density at radius 1 is 1.23 bits per heavy atom. The molecule has 1 aliphatic carbocycles. The molecule has 1 saturated carbocycles. The molecule has 0 bridgehead atoms. The summed E-state index contributed by atoms with van der Waals surface area (Å²) in [6, 6.07) is 9.71. The third kappa shape index (κ3) is 4.90. The highest BCUT2D eigenvalue weighted by molar-refractivity contribution is 7.12. The van der Waals surface area contributed by atoms with Crippen molar-refractivity contribution in [1.29, 1.82) is 0 Å². The number of nitrogens with one attached hydrogen (secondary N) is 1. The molecule has 0 spiro atoms. The number of thiazole rings is 1. The van der Waals surface area contributed by atoms with Gasteiger partial charge in [-0.25, -0.2) is 4.98 Å². The number of carbonyl (C=O) groups is 1. The van der Waals surface area contributed by atoms with E-state index < -0.39 is 0 Å². The molecule has 1 aromatic carbocycles. The van der Waals surface area contributed by atoms with E-state index in [1.807, 2.05) is 42.6 Å². The molecule has 3 aromatic rings. The van der Waals surface area contributed by atoms with Gasteiger partial charge in [0.15, 0.2) is 0 Å². The fraction of sp³-hybridized carbons (Fsp3) is 0.435. The number of hydrogen-bond donors (Lipinski definition) is 1. The van der Waals surface area contributed by atoms with Gasteiger partial charge in [-0.05, 0) is 43.5 Å². The van der Waals surface area contributed by atoms with Crippen LogP contribution in [-0.4, -0.2) is 27.8 Å². The van der Waals surface area contributed by atoms with Crippen LogP contribution in [0, 0.1) is 12.8 Å². The molecule has 1 fully saturated rings. The Morgan fingerprint density at radius 2 is 2.00 bits per heavy atom. The third-order valence-electron chi connectivity index (χ3n) is 5.66. The van der Waals surface area contributed by atoms with E-state index in [1.165, 1.54) is 43.4 Å². The number of hydrogen-bond acceptors (Lipinski definition) is 5. The average molecular weight is 425 g/mol. The number of ether oxygens (including phenoxy) is 1. The second-order valence-electron chi connectivity index (χ2n) is 7.92. The minimum Gasteiger partial charge on any atom is -0.497 e. The van der Waals surface area contributed by atoms with Crippen molar-refractivity contribution in [1.82, 2.24) is 14.8 Å². The van der Waals surface area contributed by atoms with Crippen LogP contribution in [0.2, 0.25) is 0 Å². The van der Waals surface area contributed by atoms with Crippen LogP contribution in [0.15, 0.2) is 35.7 Å². The SMILES string of the molecule is COc1ccc(-c2csc(-n3nc(C)cc3NC(=O)CCC3CCCCC3)n2)cc1. The third-order valence-corrected chi connectivity index (χ3v) is 6.48. The normalized spacial score (nSPS) is 14.6. The maximum Gasteiger partial charge on any atom is 0.225 e. The van der Waals surface area contributed by atoms with E-state index in [-0.39, 0.29) is 5.91 Å². The summed E-state index contributed by atoms with van der Waals surface area (Å²) in [5.74, 6) is 2.24. The Kier molecular flexibility index (Phi) is 6.47. The molecule has 0 saturated heterocycles. The van der Waals surface area contributed by atoms with Crippen molar-refractivity contribution in [2.75, 3.05) is 12.4 Å². The predicted molar refractivity (Wildman–Crippen MR) is 120 cm³/mol. The molecule has 0 aliphatic heterocycles. The molecule has 0 radical (unpaired) electrons. The monoisotopic (exact) mass is 424 g/mol. The summed E-state index contributed by atoms with van der Waals surface area (Å²) < 4.78 is 6.95. The highest BCUT2D eigenvalue weighted by Crippen LogP contribution is 2.29. The summed E-state index contributed by atoms with van der Waals surface area (Å²) in [7, 11) is 1.65. The molecular formula is C23H28N4O2S. The van der Waals surface area contributed by atoms with Gasteiger partial charge < -0.3 is 10.1 Å². The summed E-state index contributed by atoms with van der Waals surface area (Å²) in [5.41, 5.74) is 2.74. The average Bonchev–Trinajstić information content (AvgIpc) is 3.40. The standard InChI is InChI=1S/C23H28N4O2S/c1-16-14-21(25-22(28)13-8-17-6-4-3-5-7-17)27(26-16)23-24-20(15-30-23)18-9-11-19(29-2)12-10-18/h9-12,14-15,17H,3-8,13H2,1-2H3,(H,25,28). The Balaban J connectivity index is 1.45. The van der Waals surface area contributed by atoms with Gasteiger partial charge in [0.25, 0.3) is 0 Å². The minimum atomic E-state index is 0.0497. The zero-order valence-corrected chi connectivity index (χ0v) is 18.4. The largest absolute Gasteiger partial charge is 0.497 e. The van der Waals surface area contributed by atoms with Crippen LogP contribution in [0.25, 0.3) is 16.4 Å². The zero-order valence-electron chi connectivity index (χ0n) is 17.6. The second kappa shape index (κ2) is 9.43. The number of anilines is 1. The first-order valence-corrected chi connectivity index (χ1v) is 11.5. The Hall–Kier alpha value is -2.67. The summed E-state index contributed by atoms with van der Waals surface area (Å²) in [6.45, 7) is 1.92. The molecule has 2 heterocycles. The summed E-state index contributed by atoms with van der Waals surface area (Å²) >= 11 is 1.50. The van der Waals surface area contributed by atoms with Crippen LogP contribution >= 0.6 is 11.3 Å². The van der Waals surface area contributed by atoms with Crippen LogP contribution in [0.4, 0.5) is 5.82 Å². The second-order valence-corrected chi connectivity index (χ2v) is 8.75. The zero-order chi connectivity index (χ0) is 20.9. The summed E-state index contributed by atoms with van der Waals surface area (Å²) in [4.78, 5) is 17.3. The van der Waals surface area contributed by atoms with Gasteiger partial charge in [-0.2, -0.15) is 9.78 Å². The maximum absolute atomic E-state index is 12.6. The van der Waals surface area contributed by atoms with E-state index in [2.05, 4.69) is 10.4 Å². The predicted octanol–water partition coefficient (Wildman–Crippen LogP) is 5.61. The van der Waals surface area contributed by atoms with Crippen LogP contribution in [0.5, 0.6) is 5.75 Å². The van der Waals surface area contributed by atoms with Crippen molar-refractivity contribution >= 4 is 23.1 Å². The first kappa shape index (κ1) is 20.6. The maximum atomic E-state index is 12.6. The topological polar surface area (TPSA) is 69.0 Å². The lowest BCUT2D eigenvalue weighted by Gasteiger charge is -2.20. The Morgan fingerprint density at radius 3 is 2.73 bits per heavy atom. The fourth-order valence-corrected chi connectivity index (χ4v) is 4.80. The lowest BCUT2D eigenvalue weighted by atomic mass is 9.86. The van der Waals surface area contributed by atoms with E-state index in [0.717, 1.165) is 34.3 Å². The number of aryl methyl sites for hydroxylation is 1. The molecule has 0 unspecified atom stereocenters. The highest BCUT2D eigenvalue weighted by atomic mass is 32.1. The molecule has 2 aromatic heterocycles. The molecular weight excluding hydrogens is 396 g/mol. The quantitative estimate of drug-likeness (QED) is 0.535. The Labute approximate surface area is 181 Å². The smallest absolute Gasteiger partial charge is 0.225 e.